The highest BCUT2D eigenvalue weighted by Crippen LogP contribution is 2.26. The SMILES string of the molecule is CC(N)C(=O)Nc1cccc(C2(C)NC(=O)NC2=O)c1.Cl. The minimum atomic E-state index is -1.15. The molecule has 1 aromatic rings. The molecular formula is C13H17ClN4O3. The Morgan fingerprint density at radius 1 is 1.38 bits per heavy atom. The number of hydrogen-bond donors (Lipinski definition) is 4. The summed E-state index contributed by atoms with van der Waals surface area (Å²) in [5.74, 6) is -0.759. The highest BCUT2D eigenvalue weighted by molar-refractivity contribution is 6.07. The van der Waals surface area contributed by atoms with Crippen LogP contribution in [0.5, 0.6) is 0 Å². The average Bonchev–Trinajstić information content (AvgIpc) is 2.64. The number of benzene rings is 1. The van der Waals surface area contributed by atoms with Gasteiger partial charge in [-0.3, -0.25) is 14.9 Å². The lowest BCUT2D eigenvalue weighted by atomic mass is 9.92. The van der Waals surface area contributed by atoms with Crippen LogP contribution < -0.4 is 21.7 Å². The monoisotopic (exact) mass is 312 g/mol. The predicted molar refractivity (Wildman–Crippen MR) is 80.0 cm³/mol. The van der Waals surface area contributed by atoms with Crippen LogP contribution in [0.4, 0.5) is 10.5 Å². The maximum atomic E-state index is 11.8. The van der Waals surface area contributed by atoms with Gasteiger partial charge < -0.3 is 16.4 Å². The second kappa shape index (κ2) is 6.11. The first-order valence-electron chi connectivity index (χ1n) is 6.13. The molecule has 21 heavy (non-hydrogen) atoms. The minimum Gasteiger partial charge on any atom is -0.325 e. The molecule has 2 rings (SSSR count). The Hall–Kier alpha value is -2.12. The summed E-state index contributed by atoms with van der Waals surface area (Å²) in [5, 5.41) is 7.39. The maximum absolute atomic E-state index is 11.8. The Labute approximate surface area is 128 Å². The number of carbonyl (C=O) groups excluding carboxylic acids is 3. The van der Waals surface area contributed by atoms with E-state index in [1.807, 2.05) is 0 Å². The summed E-state index contributed by atoms with van der Waals surface area (Å²) < 4.78 is 0. The average molecular weight is 313 g/mol. The lowest BCUT2D eigenvalue weighted by Crippen LogP contribution is -2.40. The number of carbonyl (C=O) groups is 3. The van der Waals surface area contributed by atoms with E-state index in [4.69, 9.17) is 5.73 Å². The Kier molecular flexibility index (Phi) is 4.93. The van der Waals surface area contributed by atoms with Crippen molar-refractivity contribution in [2.45, 2.75) is 25.4 Å². The number of halogens is 1. The third-order valence-corrected chi connectivity index (χ3v) is 3.17. The van der Waals surface area contributed by atoms with Gasteiger partial charge in [-0.1, -0.05) is 12.1 Å². The summed E-state index contributed by atoms with van der Waals surface area (Å²) in [7, 11) is 0. The van der Waals surface area contributed by atoms with Crippen molar-refractivity contribution >= 4 is 35.9 Å². The van der Waals surface area contributed by atoms with Gasteiger partial charge in [-0.05, 0) is 31.5 Å². The fraction of sp³-hybridized carbons (Fsp3) is 0.308. The highest BCUT2D eigenvalue weighted by Gasteiger charge is 2.43. The van der Waals surface area contributed by atoms with Gasteiger partial charge in [-0.15, -0.1) is 12.4 Å². The zero-order valence-corrected chi connectivity index (χ0v) is 12.4. The van der Waals surface area contributed by atoms with Crippen LogP contribution in [0.15, 0.2) is 24.3 Å². The zero-order valence-electron chi connectivity index (χ0n) is 11.6. The number of amides is 4. The molecule has 0 bridgehead atoms. The largest absolute Gasteiger partial charge is 0.325 e. The molecule has 1 aromatic carbocycles. The van der Waals surface area contributed by atoms with Crippen molar-refractivity contribution in [3.63, 3.8) is 0 Å². The highest BCUT2D eigenvalue weighted by atomic mass is 35.5. The van der Waals surface area contributed by atoms with Crippen LogP contribution in [0, 0.1) is 0 Å². The molecule has 1 saturated heterocycles. The van der Waals surface area contributed by atoms with Crippen LogP contribution in [-0.2, 0) is 15.1 Å². The van der Waals surface area contributed by atoms with E-state index in [2.05, 4.69) is 16.0 Å². The zero-order chi connectivity index (χ0) is 14.9. The smallest absolute Gasteiger partial charge is 0.322 e. The number of hydrogen-bond acceptors (Lipinski definition) is 4. The van der Waals surface area contributed by atoms with Gasteiger partial charge in [0.15, 0.2) is 0 Å². The Morgan fingerprint density at radius 3 is 2.57 bits per heavy atom. The van der Waals surface area contributed by atoms with Crippen LogP contribution in [0.1, 0.15) is 19.4 Å². The van der Waals surface area contributed by atoms with Gasteiger partial charge in [0.05, 0.1) is 6.04 Å². The van der Waals surface area contributed by atoms with Gasteiger partial charge in [0.1, 0.15) is 5.54 Å². The summed E-state index contributed by atoms with van der Waals surface area (Å²) >= 11 is 0. The molecule has 0 aliphatic carbocycles. The van der Waals surface area contributed by atoms with Gasteiger partial charge in [0.25, 0.3) is 5.91 Å². The molecule has 0 spiro atoms. The summed E-state index contributed by atoms with van der Waals surface area (Å²) in [6, 6.07) is 5.53. The molecule has 0 aromatic heterocycles. The topological polar surface area (TPSA) is 113 Å². The lowest BCUT2D eigenvalue weighted by Gasteiger charge is -2.21. The van der Waals surface area contributed by atoms with Crippen molar-refractivity contribution in [1.29, 1.82) is 0 Å². The molecule has 2 unspecified atom stereocenters. The Morgan fingerprint density at radius 2 is 2.05 bits per heavy atom. The summed E-state index contributed by atoms with van der Waals surface area (Å²) in [6.07, 6.45) is 0. The van der Waals surface area contributed by atoms with E-state index in [0.29, 0.717) is 11.3 Å². The van der Waals surface area contributed by atoms with Crippen LogP contribution >= 0.6 is 12.4 Å². The van der Waals surface area contributed by atoms with Crippen molar-refractivity contribution in [2.24, 2.45) is 5.73 Å². The van der Waals surface area contributed by atoms with Gasteiger partial charge in [0.2, 0.25) is 5.91 Å². The van der Waals surface area contributed by atoms with Crippen molar-refractivity contribution in [2.75, 3.05) is 5.32 Å². The van der Waals surface area contributed by atoms with Crippen LogP contribution in [0.25, 0.3) is 0 Å². The molecule has 1 heterocycles. The Balaban J connectivity index is 0.00000220. The first-order valence-corrected chi connectivity index (χ1v) is 6.13. The normalized spacial score (nSPS) is 21.9. The molecule has 7 nitrogen and oxygen atoms in total. The third-order valence-electron chi connectivity index (χ3n) is 3.17. The van der Waals surface area contributed by atoms with Gasteiger partial charge >= 0.3 is 6.03 Å². The lowest BCUT2D eigenvalue weighted by molar-refractivity contribution is -0.123. The number of rotatable bonds is 3. The molecule has 1 aliphatic heterocycles. The number of anilines is 1. The molecule has 114 valence electrons. The fourth-order valence-corrected chi connectivity index (χ4v) is 1.91. The van der Waals surface area contributed by atoms with E-state index in [1.165, 1.54) is 0 Å². The number of urea groups is 1. The second-order valence-corrected chi connectivity index (χ2v) is 4.89. The summed E-state index contributed by atoms with van der Waals surface area (Å²) in [4.78, 5) is 34.7. The van der Waals surface area contributed by atoms with Crippen molar-refractivity contribution < 1.29 is 14.4 Å². The van der Waals surface area contributed by atoms with E-state index < -0.39 is 23.5 Å². The first kappa shape index (κ1) is 16.9. The van der Waals surface area contributed by atoms with E-state index >= 15 is 0 Å². The minimum absolute atomic E-state index is 0. The molecule has 0 radical (unpaired) electrons. The van der Waals surface area contributed by atoms with Crippen molar-refractivity contribution in [3.8, 4) is 0 Å². The number of nitrogens with two attached hydrogens (primary N) is 1. The van der Waals surface area contributed by atoms with Crippen LogP contribution in [0.2, 0.25) is 0 Å². The van der Waals surface area contributed by atoms with E-state index in [-0.39, 0.29) is 18.3 Å². The predicted octanol–water partition coefficient (Wildman–Crippen LogP) is 0.449. The van der Waals surface area contributed by atoms with E-state index in [0.717, 1.165) is 0 Å². The molecule has 5 N–H and O–H groups in total. The van der Waals surface area contributed by atoms with E-state index in [9.17, 15) is 14.4 Å². The van der Waals surface area contributed by atoms with Crippen molar-refractivity contribution in [1.82, 2.24) is 10.6 Å². The van der Waals surface area contributed by atoms with Crippen LogP contribution in [-0.4, -0.2) is 23.9 Å². The molecule has 0 saturated carbocycles. The third kappa shape index (κ3) is 3.32. The number of nitrogens with one attached hydrogen (secondary N) is 3. The van der Waals surface area contributed by atoms with Gasteiger partial charge in [0, 0.05) is 5.69 Å². The van der Waals surface area contributed by atoms with Gasteiger partial charge in [-0.25, -0.2) is 4.79 Å². The van der Waals surface area contributed by atoms with E-state index in [1.54, 1.807) is 38.1 Å². The standard InChI is InChI=1S/C13H16N4O3.ClH/c1-7(14)10(18)15-9-5-3-4-8(6-9)13(2)11(19)16-12(20)17-13;/h3-7H,14H2,1-2H3,(H,15,18)(H2,16,17,19,20);1H. The fourth-order valence-electron chi connectivity index (χ4n) is 1.91. The quantitative estimate of drug-likeness (QED) is 0.607. The van der Waals surface area contributed by atoms with Crippen LogP contribution in [0.3, 0.4) is 0 Å². The Bertz CT molecular complexity index is 591. The molecule has 2 atom stereocenters. The first-order chi connectivity index (χ1) is 9.33. The summed E-state index contributed by atoms with van der Waals surface area (Å²) in [6.45, 7) is 3.17. The van der Waals surface area contributed by atoms with Crippen molar-refractivity contribution in [3.05, 3.63) is 29.8 Å². The maximum Gasteiger partial charge on any atom is 0.322 e. The second-order valence-electron chi connectivity index (χ2n) is 4.89. The number of imide groups is 1. The molecule has 1 fully saturated rings. The van der Waals surface area contributed by atoms with Gasteiger partial charge in [-0.2, -0.15) is 0 Å². The summed E-state index contributed by atoms with van der Waals surface area (Å²) in [5.41, 5.74) is 5.42. The molecule has 8 heteroatoms. The molecule has 4 amide bonds. The molecule has 1 aliphatic rings. The molecular weight excluding hydrogens is 296 g/mol.